The van der Waals surface area contributed by atoms with Gasteiger partial charge in [-0.3, -0.25) is 9.59 Å². The van der Waals surface area contributed by atoms with Gasteiger partial charge in [0.1, 0.15) is 0 Å². The Morgan fingerprint density at radius 1 is 1.33 bits per heavy atom. The fourth-order valence-electron chi connectivity index (χ4n) is 2.89. The van der Waals surface area contributed by atoms with Crippen molar-refractivity contribution in [2.45, 2.75) is 25.8 Å². The van der Waals surface area contributed by atoms with Crippen LogP contribution < -0.4 is 11.1 Å². The number of benzene rings is 1. The highest BCUT2D eigenvalue weighted by Crippen LogP contribution is 2.27. The Morgan fingerprint density at radius 2 is 2.05 bits per heavy atom. The molecule has 1 fully saturated rings. The molecule has 114 valence electrons. The number of nitrogens with zero attached hydrogens (tertiary/aromatic N) is 1. The van der Waals surface area contributed by atoms with E-state index in [9.17, 15) is 9.59 Å². The largest absolute Gasteiger partial charge is 0.346 e. The van der Waals surface area contributed by atoms with Crippen molar-refractivity contribution in [2.75, 3.05) is 19.6 Å². The van der Waals surface area contributed by atoms with Gasteiger partial charge in [-0.1, -0.05) is 30.3 Å². The van der Waals surface area contributed by atoms with E-state index < -0.39 is 0 Å². The number of rotatable bonds is 5. The summed E-state index contributed by atoms with van der Waals surface area (Å²) in [4.78, 5) is 25.1. The maximum absolute atomic E-state index is 12.1. The van der Waals surface area contributed by atoms with Gasteiger partial charge in [0.2, 0.25) is 11.8 Å². The fourth-order valence-corrected chi connectivity index (χ4v) is 2.89. The minimum absolute atomic E-state index is 0.0279. The second-order valence-corrected chi connectivity index (χ2v) is 5.55. The van der Waals surface area contributed by atoms with Gasteiger partial charge in [-0.15, -0.1) is 0 Å². The minimum atomic E-state index is -0.295. The predicted molar refractivity (Wildman–Crippen MR) is 81.5 cm³/mol. The van der Waals surface area contributed by atoms with E-state index in [1.54, 1.807) is 0 Å². The van der Waals surface area contributed by atoms with E-state index in [1.807, 2.05) is 23.1 Å². The average molecular weight is 289 g/mol. The molecule has 2 atom stereocenters. The molecule has 5 heteroatoms. The summed E-state index contributed by atoms with van der Waals surface area (Å²) in [5.74, 6) is 0.150. The molecule has 2 rings (SSSR count). The van der Waals surface area contributed by atoms with Crippen molar-refractivity contribution in [3.05, 3.63) is 35.9 Å². The molecule has 0 saturated carbocycles. The summed E-state index contributed by atoms with van der Waals surface area (Å²) in [7, 11) is 0. The summed E-state index contributed by atoms with van der Waals surface area (Å²) in [5, 5.41) is 2.54. The standard InChI is InChI=1S/C16H23N3O2/c1-12-14(9-13-5-3-2-4-6-13)7-8-19(12)16(21)11-18-15(20)10-17/h2-6,12,14H,7-11,17H2,1H3,(H,18,20)/t12-,14-/m1/s1. The number of nitrogens with one attached hydrogen (secondary N) is 1. The Kier molecular flexibility index (Phi) is 5.33. The van der Waals surface area contributed by atoms with E-state index in [4.69, 9.17) is 5.73 Å². The van der Waals surface area contributed by atoms with Gasteiger partial charge in [0.05, 0.1) is 13.1 Å². The molecule has 3 N–H and O–H groups in total. The summed E-state index contributed by atoms with van der Waals surface area (Å²) in [6.07, 6.45) is 1.99. The van der Waals surface area contributed by atoms with Gasteiger partial charge < -0.3 is 16.0 Å². The summed E-state index contributed by atoms with van der Waals surface area (Å²) in [6, 6.07) is 10.5. The van der Waals surface area contributed by atoms with E-state index >= 15 is 0 Å². The van der Waals surface area contributed by atoms with E-state index in [-0.39, 0.29) is 30.9 Å². The third-order valence-electron chi connectivity index (χ3n) is 4.20. The summed E-state index contributed by atoms with van der Waals surface area (Å²) >= 11 is 0. The van der Waals surface area contributed by atoms with Gasteiger partial charge in [0, 0.05) is 12.6 Å². The molecule has 21 heavy (non-hydrogen) atoms. The van der Waals surface area contributed by atoms with Gasteiger partial charge in [-0.2, -0.15) is 0 Å². The first-order valence-electron chi connectivity index (χ1n) is 7.42. The van der Waals surface area contributed by atoms with Crippen LogP contribution in [0.5, 0.6) is 0 Å². The molecule has 0 aromatic heterocycles. The monoisotopic (exact) mass is 289 g/mol. The molecule has 1 aliphatic heterocycles. The van der Waals surface area contributed by atoms with Crippen LogP contribution in [0.25, 0.3) is 0 Å². The minimum Gasteiger partial charge on any atom is -0.346 e. The number of carbonyl (C=O) groups is 2. The van der Waals surface area contributed by atoms with Crippen LogP contribution in [-0.2, 0) is 16.0 Å². The van der Waals surface area contributed by atoms with Crippen molar-refractivity contribution in [3.63, 3.8) is 0 Å². The Labute approximate surface area is 125 Å². The molecule has 0 aliphatic carbocycles. The van der Waals surface area contributed by atoms with Crippen LogP contribution in [0.2, 0.25) is 0 Å². The average Bonchev–Trinajstić information content (AvgIpc) is 2.86. The van der Waals surface area contributed by atoms with Crippen molar-refractivity contribution < 1.29 is 9.59 Å². The number of hydrogen-bond acceptors (Lipinski definition) is 3. The molecule has 1 heterocycles. The molecule has 0 spiro atoms. The smallest absolute Gasteiger partial charge is 0.242 e. The zero-order chi connectivity index (χ0) is 15.2. The number of hydrogen-bond donors (Lipinski definition) is 2. The summed E-state index contributed by atoms with van der Waals surface area (Å²) in [5.41, 5.74) is 6.52. The number of amides is 2. The second-order valence-electron chi connectivity index (χ2n) is 5.55. The first-order chi connectivity index (χ1) is 10.1. The molecule has 1 aromatic carbocycles. The zero-order valence-electron chi connectivity index (χ0n) is 12.4. The number of nitrogens with two attached hydrogens (primary N) is 1. The molecule has 0 unspecified atom stereocenters. The highest BCUT2D eigenvalue weighted by atomic mass is 16.2. The number of likely N-dealkylation sites (tertiary alicyclic amines) is 1. The normalized spacial score (nSPS) is 21.3. The Morgan fingerprint density at radius 3 is 2.71 bits per heavy atom. The second kappa shape index (κ2) is 7.22. The van der Waals surface area contributed by atoms with Gasteiger partial charge in [-0.05, 0) is 31.2 Å². The van der Waals surface area contributed by atoms with Gasteiger partial charge in [0.15, 0.2) is 0 Å². The molecule has 1 saturated heterocycles. The Hall–Kier alpha value is -1.88. The van der Waals surface area contributed by atoms with Crippen molar-refractivity contribution in [3.8, 4) is 0 Å². The van der Waals surface area contributed by atoms with Gasteiger partial charge in [0.25, 0.3) is 0 Å². The molecule has 1 aliphatic rings. The highest BCUT2D eigenvalue weighted by Gasteiger charge is 2.33. The van der Waals surface area contributed by atoms with Crippen LogP contribution in [-0.4, -0.2) is 42.4 Å². The molecule has 1 aromatic rings. The summed E-state index contributed by atoms with van der Waals surface area (Å²) in [6.45, 7) is 2.80. The lowest BCUT2D eigenvalue weighted by atomic mass is 9.93. The third kappa shape index (κ3) is 4.04. The van der Waals surface area contributed by atoms with E-state index in [0.29, 0.717) is 5.92 Å². The Bertz CT molecular complexity index is 490. The maximum atomic E-state index is 12.1. The first kappa shape index (κ1) is 15.5. The van der Waals surface area contributed by atoms with E-state index in [0.717, 1.165) is 19.4 Å². The van der Waals surface area contributed by atoms with Crippen LogP contribution >= 0.6 is 0 Å². The molecule has 0 bridgehead atoms. The van der Waals surface area contributed by atoms with Crippen LogP contribution in [0.15, 0.2) is 30.3 Å². The lowest BCUT2D eigenvalue weighted by Crippen LogP contribution is -2.44. The first-order valence-corrected chi connectivity index (χ1v) is 7.42. The van der Waals surface area contributed by atoms with Crippen LogP contribution in [0.3, 0.4) is 0 Å². The zero-order valence-corrected chi connectivity index (χ0v) is 12.4. The lowest BCUT2D eigenvalue weighted by Gasteiger charge is -2.25. The number of carbonyl (C=O) groups excluding carboxylic acids is 2. The molecular formula is C16H23N3O2. The van der Waals surface area contributed by atoms with Crippen LogP contribution in [0.4, 0.5) is 0 Å². The maximum Gasteiger partial charge on any atom is 0.242 e. The van der Waals surface area contributed by atoms with Crippen LogP contribution in [0, 0.1) is 5.92 Å². The van der Waals surface area contributed by atoms with Crippen molar-refractivity contribution >= 4 is 11.8 Å². The fraction of sp³-hybridized carbons (Fsp3) is 0.500. The van der Waals surface area contributed by atoms with Crippen LogP contribution in [0.1, 0.15) is 18.9 Å². The third-order valence-corrected chi connectivity index (χ3v) is 4.20. The topological polar surface area (TPSA) is 75.4 Å². The van der Waals surface area contributed by atoms with Crippen molar-refractivity contribution in [2.24, 2.45) is 11.7 Å². The lowest BCUT2D eigenvalue weighted by molar-refractivity contribution is -0.133. The highest BCUT2D eigenvalue weighted by molar-refractivity contribution is 5.85. The molecule has 2 amide bonds. The molecular weight excluding hydrogens is 266 g/mol. The SMILES string of the molecule is C[C@@H]1[C@@H](Cc2ccccc2)CCN1C(=O)CNC(=O)CN. The predicted octanol–water partition coefficient (Wildman–Crippen LogP) is 0.541. The molecule has 5 nitrogen and oxygen atoms in total. The molecule has 0 radical (unpaired) electrons. The summed E-state index contributed by atoms with van der Waals surface area (Å²) < 4.78 is 0. The van der Waals surface area contributed by atoms with E-state index in [2.05, 4.69) is 24.4 Å². The van der Waals surface area contributed by atoms with E-state index in [1.165, 1.54) is 5.56 Å². The Balaban J connectivity index is 1.87. The van der Waals surface area contributed by atoms with Crippen molar-refractivity contribution in [1.29, 1.82) is 0 Å². The van der Waals surface area contributed by atoms with Gasteiger partial charge in [-0.25, -0.2) is 0 Å². The quantitative estimate of drug-likeness (QED) is 0.831. The van der Waals surface area contributed by atoms with Gasteiger partial charge >= 0.3 is 0 Å². The van der Waals surface area contributed by atoms with Crippen molar-refractivity contribution in [1.82, 2.24) is 10.2 Å².